The maximum Gasteiger partial charge on any atom is 0.139 e. The van der Waals surface area contributed by atoms with Gasteiger partial charge < -0.3 is 0 Å². The van der Waals surface area contributed by atoms with Gasteiger partial charge in [0.1, 0.15) is 11.6 Å². The molecule has 0 radical (unpaired) electrons. The van der Waals surface area contributed by atoms with Crippen molar-refractivity contribution in [3.05, 3.63) is 35.9 Å². The van der Waals surface area contributed by atoms with E-state index < -0.39 is 0 Å². The topological polar surface area (TPSA) is 34.1 Å². The molecule has 0 amide bonds. The highest BCUT2D eigenvalue weighted by atomic mass is 16.1. The fraction of sp³-hybridized carbons (Fsp3) is 0.500. The van der Waals surface area contributed by atoms with Gasteiger partial charge in [-0.1, -0.05) is 37.3 Å². The molecule has 0 spiro atoms. The minimum Gasteiger partial charge on any atom is -0.300 e. The molecule has 2 rings (SSSR count). The van der Waals surface area contributed by atoms with Crippen molar-refractivity contribution < 1.29 is 9.59 Å². The van der Waals surface area contributed by atoms with Crippen LogP contribution >= 0.6 is 0 Å². The van der Waals surface area contributed by atoms with Crippen LogP contribution in [0.2, 0.25) is 0 Å². The smallest absolute Gasteiger partial charge is 0.139 e. The molecule has 1 fully saturated rings. The zero-order valence-electron chi connectivity index (χ0n) is 10.9. The predicted molar refractivity (Wildman–Crippen MR) is 71.4 cm³/mol. The minimum atomic E-state index is -0.367. The first-order chi connectivity index (χ1) is 8.60. The molecule has 1 saturated carbocycles. The molecule has 0 saturated heterocycles. The average molecular weight is 244 g/mol. The summed E-state index contributed by atoms with van der Waals surface area (Å²) in [7, 11) is 0. The van der Waals surface area contributed by atoms with Gasteiger partial charge in [-0.25, -0.2) is 0 Å². The first kappa shape index (κ1) is 13.0. The van der Waals surface area contributed by atoms with Crippen LogP contribution in [-0.2, 0) is 16.0 Å². The summed E-state index contributed by atoms with van der Waals surface area (Å²) in [4.78, 5) is 23.7. The van der Waals surface area contributed by atoms with Crippen LogP contribution in [0, 0.1) is 5.41 Å². The number of carbonyl (C=O) groups excluding carboxylic acids is 2. The van der Waals surface area contributed by atoms with E-state index in [0.717, 1.165) is 19.3 Å². The fourth-order valence-corrected chi connectivity index (χ4v) is 2.72. The van der Waals surface area contributed by atoms with Crippen LogP contribution in [0.15, 0.2) is 30.3 Å². The Morgan fingerprint density at radius 2 is 2.00 bits per heavy atom. The summed E-state index contributed by atoms with van der Waals surface area (Å²) < 4.78 is 0. The molecule has 1 aliphatic carbocycles. The first-order valence-electron chi connectivity index (χ1n) is 6.69. The number of hydrogen-bond acceptors (Lipinski definition) is 2. The van der Waals surface area contributed by atoms with E-state index in [1.807, 2.05) is 37.3 Å². The van der Waals surface area contributed by atoms with E-state index in [1.165, 1.54) is 5.56 Å². The molecule has 1 aromatic carbocycles. The number of rotatable bonds is 5. The molecular weight excluding hydrogens is 224 g/mol. The molecule has 1 aromatic rings. The molecule has 0 heterocycles. The molecule has 2 heteroatoms. The molecular formula is C16H20O2. The van der Waals surface area contributed by atoms with Crippen molar-refractivity contribution >= 4 is 11.6 Å². The lowest BCUT2D eigenvalue weighted by Gasteiger charge is -2.20. The molecule has 0 aromatic heterocycles. The van der Waals surface area contributed by atoms with Gasteiger partial charge in [-0.3, -0.25) is 9.59 Å². The second-order valence-corrected chi connectivity index (χ2v) is 5.54. The highest BCUT2D eigenvalue weighted by Crippen LogP contribution is 2.37. The third kappa shape index (κ3) is 3.06. The summed E-state index contributed by atoms with van der Waals surface area (Å²) >= 11 is 0. The van der Waals surface area contributed by atoms with Gasteiger partial charge in [0.25, 0.3) is 0 Å². The van der Waals surface area contributed by atoms with Gasteiger partial charge in [-0.15, -0.1) is 0 Å². The lowest BCUT2D eigenvalue weighted by Crippen LogP contribution is -2.25. The first-order valence-corrected chi connectivity index (χ1v) is 6.69. The van der Waals surface area contributed by atoms with E-state index >= 15 is 0 Å². The van der Waals surface area contributed by atoms with Crippen molar-refractivity contribution in [3.8, 4) is 0 Å². The average Bonchev–Trinajstić information content (AvgIpc) is 2.68. The third-order valence-electron chi connectivity index (χ3n) is 3.93. The van der Waals surface area contributed by atoms with Crippen molar-refractivity contribution in [1.82, 2.24) is 0 Å². The van der Waals surface area contributed by atoms with E-state index in [9.17, 15) is 9.59 Å². The summed E-state index contributed by atoms with van der Waals surface area (Å²) in [5.74, 6) is 0.493. The lowest BCUT2D eigenvalue weighted by molar-refractivity contribution is -0.130. The third-order valence-corrected chi connectivity index (χ3v) is 3.93. The minimum absolute atomic E-state index is 0.219. The molecule has 96 valence electrons. The van der Waals surface area contributed by atoms with Gasteiger partial charge in [0.2, 0.25) is 0 Å². The van der Waals surface area contributed by atoms with E-state index in [-0.39, 0.29) is 17.0 Å². The summed E-state index contributed by atoms with van der Waals surface area (Å²) in [6.07, 6.45) is 4.24. The molecule has 1 aliphatic rings. The number of aryl methyl sites for hydroxylation is 1. The Kier molecular flexibility index (Phi) is 3.95. The number of Topliss-reactive ketones (excluding diaryl/α,β-unsaturated/α-hetero) is 2. The largest absolute Gasteiger partial charge is 0.300 e. The van der Waals surface area contributed by atoms with Gasteiger partial charge in [0.15, 0.2) is 0 Å². The Morgan fingerprint density at radius 1 is 1.28 bits per heavy atom. The fourth-order valence-electron chi connectivity index (χ4n) is 2.72. The SMILES string of the molecule is C[C@@]1(CC(=O)CCc2ccccc2)CCCC1=O. The second-order valence-electron chi connectivity index (χ2n) is 5.54. The van der Waals surface area contributed by atoms with Gasteiger partial charge in [0, 0.05) is 24.7 Å². The molecule has 18 heavy (non-hydrogen) atoms. The predicted octanol–water partition coefficient (Wildman–Crippen LogP) is 3.34. The van der Waals surface area contributed by atoms with E-state index in [2.05, 4.69) is 0 Å². The van der Waals surface area contributed by atoms with Crippen LogP contribution < -0.4 is 0 Å². The zero-order chi connectivity index (χ0) is 13.0. The number of carbonyl (C=O) groups is 2. The Balaban J connectivity index is 1.84. The molecule has 2 nitrogen and oxygen atoms in total. The number of hydrogen-bond donors (Lipinski definition) is 0. The maximum absolute atomic E-state index is 12.0. The lowest BCUT2D eigenvalue weighted by atomic mass is 9.81. The highest BCUT2D eigenvalue weighted by molar-refractivity contribution is 5.92. The van der Waals surface area contributed by atoms with Gasteiger partial charge in [-0.05, 0) is 24.8 Å². The van der Waals surface area contributed by atoms with E-state index in [1.54, 1.807) is 0 Å². The van der Waals surface area contributed by atoms with Crippen molar-refractivity contribution in [3.63, 3.8) is 0 Å². The Labute approximate surface area is 108 Å². The number of ketones is 2. The Morgan fingerprint density at radius 3 is 2.61 bits per heavy atom. The molecule has 0 aliphatic heterocycles. The summed E-state index contributed by atoms with van der Waals surface area (Å²) in [5.41, 5.74) is 0.821. The van der Waals surface area contributed by atoms with E-state index in [4.69, 9.17) is 0 Å². The van der Waals surface area contributed by atoms with Crippen LogP contribution in [0.3, 0.4) is 0 Å². The van der Waals surface area contributed by atoms with Gasteiger partial charge in [0.05, 0.1) is 0 Å². The molecule has 0 N–H and O–H groups in total. The van der Waals surface area contributed by atoms with Crippen molar-refractivity contribution in [2.75, 3.05) is 0 Å². The van der Waals surface area contributed by atoms with Crippen LogP contribution in [-0.4, -0.2) is 11.6 Å². The Bertz CT molecular complexity index is 436. The molecule has 0 unspecified atom stereocenters. The highest BCUT2D eigenvalue weighted by Gasteiger charge is 2.38. The number of benzene rings is 1. The van der Waals surface area contributed by atoms with Crippen molar-refractivity contribution in [2.45, 2.75) is 45.4 Å². The van der Waals surface area contributed by atoms with Crippen LogP contribution in [0.1, 0.15) is 44.6 Å². The van der Waals surface area contributed by atoms with Crippen LogP contribution in [0.5, 0.6) is 0 Å². The van der Waals surface area contributed by atoms with Crippen LogP contribution in [0.25, 0.3) is 0 Å². The zero-order valence-corrected chi connectivity index (χ0v) is 10.9. The van der Waals surface area contributed by atoms with Crippen LogP contribution in [0.4, 0.5) is 0 Å². The van der Waals surface area contributed by atoms with Crippen molar-refractivity contribution in [1.29, 1.82) is 0 Å². The normalized spacial score (nSPS) is 23.3. The molecule has 1 atom stereocenters. The molecule has 0 bridgehead atoms. The second kappa shape index (κ2) is 5.47. The van der Waals surface area contributed by atoms with E-state index in [0.29, 0.717) is 19.3 Å². The standard InChI is InChI=1S/C16H20O2/c1-16(11-5-8-15(16)18)12-14(17)10-9-13-6-3-2-4-7-13/h2-4,6-7H,5,8-12H2,1H3/t16-/m0/s1. The quantitative estimate of drug-likeness (QED) is 0.796. The van der Waals surface area contributed by atoms with Gasteiger partial charge in [-0.2, -0.15) is 0 Å². The summed E-state index contributed by atoms with van der Waals surface area (Å²) in [5, 5.41) is 0. The summed E-state index contributed by atoms with van der Waals surface area (Å²) in [6, 6.07) is 10.0. The Hall–Kier alpha value is -1.44. The summed E-state index contributed by atoms with van der Waals surface area (Å²) in [6.45, 7) is 1.95. The van der Waals surface area contributed by atoms with Gasteiger partial charge >= 0.3 is 0 Å². The monoisotopic (exact) mass is 244 g/mol. The maximum atomic E-state index is 12.0. The van der Waals surface area contributed by atoms with Crippen molar-refractivity contribution in [2.24, 2.45) is 5.41 Å².